The number of anilines is 1. The molecule has 4 aromatic rings. The van der Waals surface area contributed by atoms with Crippen LogP contribution in [-0.2, 0) is 6.61 Å². The predicted octanol–water partition coefficient (Wildman–Crippen LogP) is 7.80. The summed E-state index contributed by atoms with van der Waals surface area (Å²) < 4.78 is 11.6. The normalized spacial score (nSPS) is 10.6. The van der Waals surface area contributed by atoms with Gasteiger partial charge in [0.1, 0.15) is 23.9 Å². The Hall–Kier alpha value is -4.36. The van der Waals surface area contributed by atoms with Gasteiger partial charge in [-0.2, -0.15) is 0 Å². The van der Waals surface area contributed by atoms with Gasteiger partial charge >= 0.3 is 0 Å². The van der Waals surface area contributed by atoms with Crippen LogP contribution in [0.25, 0.3) is 0 Å². The van der Waals surface area contributed by atoms with Gasteiger partial charge in [-0.25, -0.2) is 0 Å². The predicted molar refractivity (Wildman–Crippen MR) is 144 cm³/mol. The number of hydrogen-bond donors (Lipinski definition) is 1. The Labute approximate surface area is 219 Å². The second kappa shape index (κ2) is 11.1. The fourth-order valence-electron chi connectivity index (χ4n) is 3.56. The van der Waals surface area contributed by atoms with Gasteiger partial charge in [-0.15, -0.1) is 0 Å². The fourth-order valence-corrected chi connectivity index (χ4v) is 3.68. The minimum absolute atomic E-state index is 0.211. The van der Waals surface area contributed by atoms with Crippen molar-refractivity contribution >= 4 is 28.9 Å². The molecule has 0 atom stereocenters. The summed E-state index contributed by atoms with van der Waals surface area (Å²) in [5.41, 5.74) is 4.49. The number of carbonyl (C=O) groups is 1. The maximum atomic E-state index is 12.8. The number of nitrogens with zero attached hydrogens (tertiary/aromatic N) is 1. The number of carbonyl (C=O) groups excluding carboxylic acids is 1. The lowest BCUT2D eigenvalue weighted by Gasteiger charge is -2.11. The molecule has 8 heteroatoms. The highest BCUT2D eigenvalue weighted by Gasteiger charge is 2.14. The third kappa shape index (κ3) is 6.65. The Balaban J connectivity index is 1.45. The molecule has 0 aliphatic rings. The number of non-ortho nitro benzene ring substituents is 1. The van der Waals surface area contributed by atoms with Crippen molar-refractivity contribution in [2.24, 2.45) is 0 Å². The van der Waals surface area contributed by atoms with E-state index in [2.05, 4.69) is 5.32 Å². The molecule has 4 rings (SSSR count). The number of hydrogen-bond acceptors (Lipinski definition) is 5. The minimum Gasteiger partial charge on any atom is -0.489 e. The van der Waals surface area contributed by atoms with Crippen molar-refractivity contribution in [1.82, 2.24) is 0 Å². The molecule has 0 aliphatic heterocycles. The molecular formula is C29H25ClN2O5. The number of nitrogens with one attached hydrogen (secondary N) is 1. The highest BCUT2D eigenvalue weighted by molar-refractivity contribution is 6.31. The molecule has 0 saturated carbocycles. The van der Waals surface area contributed by atoms with Crippen molar-refractivity contribution < 1.29 is 19.2 Å². The maximum Gasteiger partial charge on any atom is 0.275 e. The second-order valence-corrected chi connectivity index (χ2v) is 9.08. The first-order valence-electron chi connectivity index (χ1n) is 11.5. The number of nitro groups is 1. The zero-order chi connectivity index (χ0) is 26.5. The summed E-state index contributed by atoms with van der Waals surface area (Å²) in [6.07, 6.45) is 0. The Kier molecular flexibility index (Phi) is 7.74. The monoisotopic (exact) mass is 516 g/mol. The zero-order valence-electron chi connectivity index (χ0n) is 20.6. The Morgan fingerprint density at radius 3 is 2.22 bits per heavy atom. The van der Waals surface area contributed by atoms with Crippen LogP contribution in [-0.4, -0.2) is 10.8 Å². The number of halogens is 1. The molecule has 0 aromatic heterocycles. The zero-order valence-corrected chi connectivity index (χ0v) is 21.3. The fraction of sp³-hybridized carbons (Fsp3) is 0.138. The van der Waals surface area contributed by atoms with E-state index in [4.69, 9.17) is 21.1 Å². The average molecular weight is 517 g/mol. The molecule has 0 heterocycles. The second-order valence-electron chi connectivity index (χ2n) is 8.67. The Morgan fingerprint density at radius 1 is 0.838 bits per heavy atom. The van der Waals surface area contributed by atoms with Gasteiger partial charge < -0.3 is 14.8 Å². The molecule has 0 saturated heterocycles. The minimum atomic E-state index is -0.542. The molecule has 188 valence electrons. The molecule has 37 heavy (non-hydrogen) atoms. The van der Waals surface area contributed by atoms with Crippen LogP contribution in [0.15, 0.2) is 78.9 Å². The van der Waals surface area contributed by atoms with Crippen LogP contribution in [0, 0.1) is 30.9 Å². The largest absolute Gasteiger partial charge is 0.489 e. The van der Waals surface area contributed by atoms with Crippen LogP contribution >= 0.6 is 11.6 Å². The Morgan fingerprint density at radius 2 is 1.54 bits per heavy atom. The van der Waals surface area contributed by atoms with E-state index in [1.807, 2.05) is 39.0 Å². The van der Waals surface area contributed by atoms with E-state index >= 15 is 0 Å². The van der Waals surface area contributed by atoms with Crippen LogP contribution < -0.4 is 14.8 Å². The van der Waals surface area contributed by atoms with Crippen LogP contribution in [0.3, 0.4) is 0 Å². The van der Waals surface area contributed by atoms with Crippen molar-refractivity contribution in [3.8, 4) is 17.2 Å². The third-order valence-corrected chi connectivity index (χ3v) is 6.25. The summed E-state index contributed by atoms with van der Waals surface area (Å²) in [6.45, 7) is 6.27. The van der Waals surface area contributed by atoms with E-state index in [9.17, 15) is 14.9 Å². The molecule has 0 spiro atoms. The van der Waals surface area contributed by atoms with Crippen LogP contribution in [0.4, 0.5) is 11.4 Å². The summed E-state index contributed by atoms with van der Waals surface area (Å²) in [6, 6.07) is 22.1. The lowest BCUT2D eigenvalue weighted by molar-refractivity contribution is -0.384. The standard InChI is InChI=1S/C29H25ClN2O5/c1-18-4-9-25(12-19(18)2)36-17-21-5-7-22(8-6-21)29(33)31-23-14-24(32(34)35)16-27(15-23)37-26-10-11-28(30)20(3)13-26/h4-16H,17H2,1-3H3,(H,31,33). The van der Waals surface area contributed by atoms with Gasteiger partial charge in [-0.1, -0.05) is 29.8 Å². The van der Waals surface area contributed by atoms with Gasteiger partial charge in [0, 0.05) is 22.7 Å². The highest BCUT2D eigenvalue weighted by Crippen LogP contribution is 2.31. The van der Waals surface area contributed by atoms with E-state index in [1.165, 1.54) is 23.8 Å². The van der Waals surface area contributed by atoms with Crippen molar-refractivity contribution in [2.75, 3.05) is 5.32 Å². The first-order chi connectivity index (χ1) is 17.7. The van der Waals surface area contributed by atoms with Gasteiger partial charge in [0.2, 0.25) is 0 Å². The number of aryl methyl sites for hydroxylation is 3. The molecule has 0 unspecified atom stereocenters. The molecule has 4 aromatic carbocycles. The van der Waals surface area contributed by atoms with Crippen LogP contribution in [0.2, 0.25) is 5.02 Å². The van der Waals surface area contributed by atoms with Gasteiger partial charge in [-0.3, -0.25) is 14.9 Å². The van der Waals surface area contributed by atoms with Crippen LogP contribution in [0.1, 0.15) is 32.6 Å². The first-order valence-corrected chi connectivity index (χ1v) is 11.9. The lowest BCUT2D eigenvalue weighted by Crippen LogP contribution is -2.12. The molecular weight excluding hydrogens is 492 g/mol. The van der Waals surface area contributed by atoms with E-state index < -0.39 is 10.8 Å². The highest BCUT2D eigenvalue weighted by atomic mass is 35.5. The summed E-state index contributed by atoms with van der Waals surface area (Å²) in [5, 5.41) is 14.8. The summed E-state index contributed by atoms with van der Waals surface area (Å²) in [5.74, 6) is 1.06. The average Bonchev–Trinajstić information content (AvgIpc) is 2.87. The van der Waals surface area contributed by atoms with E-state index in [0.29, 0.717) is 22.9 Å². The molecule has 0 bridgehead atoms. The number of nitro benzene ring substituents is 1. The van der Waals surface area contributed by atoms with E-state index in [1.54, 1.807) is 42.5 Å². The number of benzene rings is 4. The molecule has 1 amide bonds. The van der Waals surface area contributed by atoms with E-state index in [0.717, 1.165) is 22.4 Å². The Bertz CT molecular complexity index is 1470. The number of amides is 1. The van der Waals surface area contributed by atoms with Gasteiger partial charge in [-0.05, 0) is 85.5 Å². The summed E-state index contributed by atoms with van der Waals surface area (Å²) in [7, 11) is 0. The van der Waals surface area contributed by atoms with Crippen molar-refractivity contribution in [3.63, 3.8) is 0 Å². The molecule has 7 nitrogen and oxygen atoms in total. The van der Waals surface area contributed by atoms with E-state index in [-0.39, 0.29) is 17.1 Å². The summed E-state index contributed by atoms with van der Waals surface area (Å²) in [4.78, 5) is 23.8. The number of rotatable bonds is 8. The first kappa shape index (κ1) is 25.7. The SMILES string of the molecule is Cc1ccc(OCc2ccc(C(=O)Nc3cc(Oc4ccc(Cl)c(C)c4)cc([N+](=O)[O-])c3)cc2)cc1C. The van der Waals surface area contributed by atoms with Gasteiger partial charge in [0.25, 0.3) is 11.6 Å². The van der Waals surface area contributed by atoms with Crippen LogP contribution in [0.5, 0.6) is 17.2 Å². The molecule has 0 radical (unpaired) electrons. The molecule has 1 N–H and O–H groups in total. The van der Waals surface area contributed by atoms with Crippen molar-refractivity contribution in [2.45, 2.75) is 27.4 Å². The lowest BCUT2D eigenvalue weighted by atomic mass is 10.1. The topological polar surface area (TPSA) is 90.7 Å². The molecule has 0 fully saturated rings. The van der Waals surface area contributed by atoms with Crippen molar-refractivity contribution in [1.29, 1.82) is 0 Å². The third-order valence-electron chi connectivity index (χ3n) is 5.83. The smallest absolute Gasteiger partial charge is 0.275 e. The quantitative estimate of drug-likeness (QED) is 0.190. The molecule has 0 aliphatic carbocycles. The summed E-state index contributed by atoms with van der Waals surface area (Å²) >= 11 is 6.06. The maximum absolute atomic E-state index is 12.8. The van der Waals surface area contributed by atoms with Gasteiger partial charge in [0.15, 0.2) is 0 Å². The number of ether oxygens (including phenoxy) is 2. The van der Waals surface area contributed by atoms with Gasteiger partial charge in [0.05, 0.1) is 16.7 Å². The van der Waals surface area contributed by atoms with Crippen molar-refractivity contribution in [3.05, 3.63) is 122 Å².